The molecular formula is C10H18N4O2. The molecule has 1 amide bonds. The summed E-state index contributed by atoms with van der Waals surface area (Å²) in [6, 6.07) is -0.251. The van der Waals surface area contributed by atoms with Crippen molar-refractivity contribution in [2.75, 3.05) is 12.3 Å². The van der Waals surface area contributed by atoms with Crippen molar-refractivity contribution in [1.29, 1.82) is 0 Å². The fraction of sp³-hybridized carbons (Fsp3) is 0.600. The monoisotopic (exact) mass is 226 g/mol. The fourth-order valence-electron chi connectivity index (χ4n) is 1.31. The van der Waals surface area contributed by atoms with Gasteiger partial charge in [0, 0.05) is 12.7 Å². The summed E-state index contributed by atoms with van der Waals surface area (Å²) in [6.45, 7) is 4.37. The van der Waals surface area contributed by atoms with Crippen LogP contribution in [0.1, 0.15) is 30.8 Å². The number of anilines is 1. The van der Waals surface area contributed by atoms with E-state index in [4.69, 9.17) is 10.8 Å². The van der Waals surface area contributed by atoms with Gasteiger partial charge in [-0.05, 0) is 13.3 Å². The van der Waals surface area contributed by atoms with Gasteiger partial charge in [-0.1, -0.05) is 6.92 Å². The number of nitrogens with one attached hydrogen (secondary N) is 1. The van der Waals surface area contributed by atoms with E-state index >= 15 is 0 Å². The average Bonchev–Trinajstić information content (AvgIpc) is 2.67. The molecular weight excluding hydrogens is 208 g/mol. The summed E-state index contributed by atoms with van der Waals surface area (Å²) < 4.78 is 1.60. The van der Waals surface area contributed by atoms with Crippen molar-refractivity contribution in [3.05, 3.63) is 11.9 Å². The fourth-order valence-corrected chi connectivity index (χ4v) is 1.31. The van der Waals surface area contributed by atoms with Gasteiger partial charge in [0.1, 0.15) is 0 Å². The predicted octanol–water partition coefficient (Wildman–Crippen LogP) is -0.0141. The maximum atomic E-state index is 11.7. The Morgan fingerprint density at radius 3 is 2.81 bits per heavy atom. The molecule has 1 aromatic heterocycles. The number of rotatable bonds is 5. The van der Waals surface area contributed by atoms with Crippen LogP contribution in [-0.4, -0.2) is 33.4 Å². The lowest BCUT2D eigenvalue weighted by Gasteiger charge is -2.12. The van der Waals surface area contributed by atoms with E-state index in [9.17, 15) is 4.79 Å². The summed E-state index contributed by atoms with van der Waals surface area (Å²) in [7, 11) is 0. The minimum absolute atomic E-state index is 0.0867. The number of nitrogens with zero attached hydrogens (tertiary/aromatic N) is 2. The molecule has 1 atom stereocenters. The van der Waals surface area contributed by atoms with E-state index in [0.29, 0.717) is 18.7 Å². The number of carbonyl (C=O) groups is 1. The van der Waals surface area contributed by atoms with Gasteiger partial charge in [0.15, 0.2) is 5.69 Å². The zero-order valence-electron chi connectivity index (χ0n) is 9.60. The first-order chi connectivity index (χ1) is 7.62. The van der Waals surface area contributed by atoms with Crippen LogP contribution in [0.5, 0.6) is 0 Å². The first-order valence-electron chi connectivity index (χ1n) is 5.37. The van der Waals surface area contributed by atoms with E-state index in [1.807, 2.05) is 13.8 Å². The van der Waals surface area contributed by atoms with Crippen molar-refractivity contribution in [2.45, 2.75) is 32.9 Å². The highest BCUT2D eigenvalue weighted by atomic mass is 16.3. The van der Waals surface area contributed by atoms with E-state index in [1.165, 1.54) is 0 Å². The maximum Gasteiger partial charge on any atom is 0.274 e. The highest BCUT2D eigenvalue weighted by Crippen LogP contribution is 2.09. The van der Waals surface area contributed by atoms with Crippen molar-refractivity contribution in [3.8, 4) is 0 Å². The van der Waals surface area contributed by atoms with Crippen LogP contribution >= 0.6 is 0 Å². The SMILES string of the molecule is CCC(CO)NC(=O)c1nn(CC)cc1N. The van der Waals surface area contributed by atoms with Gasteiger partial charge in [-0.3, -0.25) is 9.48 Å². The van der Waals surface area contributed by atoms with Gasteiger partial charge in [-0.2, -0.15) is 5.10 Å². The van der Waals surface area contributed by atoms with Gasteiger partial charge in [0.25, 0.3) is 5.91 Å². The molecule has 0 fully saturated rings. The number of amides is 1. The van der Waals surface area contributed by atoms with Gasteiger partial charge in [-0.25, -0.2) is 0 Å². The van der Waals surface area contributed by atoms with Crippen LogP contribution < -0.4 is 11.1 Å². The molecule has 0 aliphatic carbocycles. The van der Waals surface area contributed by atoms with Crippen molar-refractivity contribution in [2.24, 2.45) is 0 Å². The van der Waals surface area contributed by atoms with E-state index in [-0.39, 0.29) is 24.2 Å². The molecule has 1 heterocycles. The predicted molar refractivity (Wildman–Crippen MR) is 60.9 cm³/mol. The minimum Gasteiger partial charge on any atom is -0.396 e. The first kappa shape index (κ1) is 12.5. The normalized spacial score (nSPS) is 12.4. The largest absolute Gasteiger partial charge is 0.396 e. The second kappa shape index (κ2) is 5.50. The van der Waals surface area contributed by atoms with Gasteiger partial charge >= 0.3 is 0 Å². The Morgan fingerprint density at radius 2 is 2.38 bits per heavy atom. The molecule has 0 saturated carbocycles. The Bertz CT molecular complexity index is 358. The van der Waals surface area contributed by atoms with Crippen molar-refractivity contribution in [3.63, 3.8) is 0 Å². The van der Waals surface area contributed by atoms with Crippen LogP contribution in [0, 0.1) is 0 Å². The Hall–Kier alpha value is -1.56. The third-order valence-electron chi connectivity index (χ3n) is 2.38. The lowest BCUT2D eigenvalue weighted by molar-refractivity contribution is 0.0910. The van der Waals surface area contributed by atoms with E-state index in [1.54, 1.807) is 10.9 Å². The summed E-state index contributed by atoms with van der Waals surface area (Å²) in [5.74, 6) is -0.342. The molecule has 0 saturated heterocycles. The number of hydrogen-bond donors (Lipinski definition) is 3. The molecule has 0 aromatic carbocycles. The van der Waals surface area contributed by atoms with Crippen molar-refractivity contribution >= 4 is 11.6 Å². The van der Waals surface area contributed by atoms with Gasteiger partial charge in [0.05, 0.1) is 18.3 Å². The number of hydrogen-bond acceptors (Lipinski definition) is 4. The van der Waals surface area contributed by atoms with E-state index in [0.717, 1.165) is 0 Å². The molecule has 0 bridgehead atoms. The molecule has 1 rings (SSSR count). The third kappa shape index (κ3) is 2.73. The Labute approximate surface area is 94.4 Å². The van der Waals surface area contributed by atoms with E-state index in [2.05, 4.69) is 10.4 Å². The molecule has 4 N–H and O–H groups in total. The molecule has 6 nitrogen and oxygen atoms in total. The second-order valence-corrected chi connectivity index (χ2v) is 3.55. The Balaban J connectivity index is 2.75. The molecule has 6 heteroatoms. The molecule has 0 radical (unpaired) electrons. The van der Waals surface area contributed by atoms with Crippen LogP contribution in [0.25, 0.3) is 0 Å². The summed E-state index contributed by atoms with van der Waals surface area (Å²) in [4.78, 5) is 11.7. The zero-order chi connectivity index (χ0) is 12.1. The van der Waals surface area contributed by atoms with Crippen molar-refractivity contribution in [1.82, 2.24) is 15.1 Å². The number of aliphatic hydroxyl groups excluding tert-OH is 1. The number of aryl methyl sites for hydroxylation is 1. The smallest absolute Gasteiger partial charge is 0.274 e. The van der Waals surface area contributed by atoms with Crippen LogP contribution in [0.4, 0.5) is 5.69 Å². The molecule has 0 spiro atoms. The van der Waals surface area contributed by atoms with Crippen molar-refractivity contribution < 1.29 is 9.90 Å². The zero-order valence-corrected chi connectivity index (χ0v) is 9.60. The minimum atomic E-state index is -0.342. The lowest BCUT2D eigenvalue weighted by atomic mass is 10.2. The third-order valence-corrected chi connectivity index (χ3v) is 2.38. The standard InChI is InChI=1S/C10H18N4O2/c1-3-7(6-15)12-10(16)9-8(11)5-14(4-2)13-9/h5,7,15H,3-4,6,11H2,1-2H3,(H,12,16). The highest BCUT2D eigenvalue weighted by Gasteiger charge is 2.17. The molecule has 90 valence electrons. The Kier molecular flexibility index (Phi) is 4.30. The molecule has 1 unspecified atom stereocenters. The topological polar surface area (TPSA) is 93.2 Å². The average molecular weight is 226 g/mol. The number of carbonyl (C=O) groups excluding carboxylic acids is 1. The molecule has 1 aromatic rings. The van der Waals surface area contributed by atoms with Crippen LogP contribution in [-0.2, 0) is 6.54 Å². The van der Waals surface area contributed by atoms with Crippen LogP contribution in [0.3, 0.4) is 0 Å². The lowest BCUT2D eigenvalue weighted by Crippen LogP contribution is -2.37. The molecule has 0 aliphatic heterocycles. The summed E-state index contributed by atoms with van der Waals surface area (Å²) in [5, 5.41) is 15.7. The molecule has 16 heavy (non-hydrogen) atoms. The maximum absolute atomic E-state index is 11.7. The van der Waals surface area contributed by atoms with Crippen LogP contribution in [0.2, 0.25) is 0 Å². The summed E-state index contributed by atoms with van der Waals surface area (Å²) in [5.41, 5.74) is 6.24. The van der Waals surface area contributed by atoms with Gasteiger partial charge < -0.3 is 16.2 Å². The number of aliphatic hydroxyl groups is 1. The van der Waals surface area contributed by atoms with Crippen LogP contribution in [0.15, 0.2) is 6.20 Å². The quantitative estimate of drug-likeness (QED) is 0.658. The van der Waals surface area contributed by atoms with E-state index < -0.39 is 0 Å². The number of aromatic nitrogens is 2. The summed E-state index contributed by atoms with van der Waals surface area (Å²) >= 11 is 0. The Morgan fingerprint density at radius 1 is 1.69 bits per heavy atom. The molecule has 0 aliphatic rings. The second-order valence-electron chi connectivity index (χ2n) is 3.55. The van der Waals surface area contributed by atoms with Gasteiger partial charge in [-0.15, -0.1) is 0 Å². The highest BCUT2D eigenvalue weighted by molar-refractivity contribution is 5.97. The summed E-state index contributed by atoms with van der Waals surface area (Å²) in [6.07, 6.45) is 2.28. The number of nitrogens with two attached hydrogens (primary N) is 1. The van der Waals surface area contributed by atoms with Gasteiger partial charge in [0.2, 0.25) is 0 Å². The number of nitrogen functional groups attached to an aromatic ring is 1. The first-order valence-corrected chi connectivity index (χ1v) is 5.37.